The largest absolute Gasteiger partial charge is 0.342 e. The SMILES string of the molecule is CCCC1CC(C)CC(C)C1(C(=O)N1CCCC1)c1ccc(C)cc1. The van der Waals surface area contributed by atoms with E-state index in [-0.39, 0.29) is 5.41 Å². The molecule has 2 heteroatoms. The van der Waals surface area contributed by atoms with E-state index in [2.05, 4.69) is 56.9 Å². The molecule has 0 aromatic heterocycles. The van der Waals surface area contributed by atoms with Gasteiger partial charge in [-0.15, -0.1) is 0 Å². The van der Waals surface area contributed by atoms with Gasteiger partial charge >= 0.3 is 0 Å². The normalized spacial score (nSPS) is 32.8. The van der Waals surface area contributed by atoms with Crippen LogP contribution in [0.3, 0.4) is 0 Å². The number of amides is 1. The van der Waals surface area contributed by atoms with Crippen LogP contribution in [0.4, 0.5) is 0 Å². The average molecular weight is 342 g/mol. The van der Waals surface area contributed by atoms with Gasteiger partial charge in [-0.25, -0.2) is 0 Å². The first kappa shape index (κ1) is 18.5. The summed E-state index contributed by atoms with van der Waals surface area (Å²) in [7, 11) is 0. The second-order valence-corrected chi connectivity index (χ2v) is 8.70. The predicted octanol–water partition coefficient (Wildman–Crippen LogP) is 5.34. The molecule has 3 rings (SSSR count). The van der Waals surface area contributed by atoms with Crippen molar-refractivity contribution in [3.63, 3.8) is 0 Å². The first-order chi connectivity index (χ1) is 12.0. The lowest BCUT2D eigenvalue weighted by Gasteiger charge is -2.51. The van der Waals surface area contributed by atoms with Gasteiger partial charge in [-0.1, -0.05) is 57.0 Å². The van der Waals surface area contributed by atoms with Crippen LogP contribution in [0.1, 0.15) is 70.4 Å². The smallest absolute Gasteiger partial charge is 0.233 e. The number of rotatable bonds is 4. The van der Waals surface area contributed by atoms with Crippen molar-refractivity contribution < 1.29 is 4.79 Å². The first-order valence-electron chi connectivity index (χ1n) is 10.4. The quantitative estimate of drug-likeness (QED) is 0.724. The van der Waals surface area contributed by atoms with Crippen molar-refractivity contribution in [3.8, 4) is 0 Å². The number of hydrogen-bond donors (Lipinski definition) is 0. The number of likely N-dealkylation sites (tertiary alicyclic amines) is 1. The molecule has 25 heavy (non-hydrogen) atoms. The van der Waals surface area contributed by atoms with Crippen LogP contribution in [-0.4, -0.2) is 23.9 Å². The lowest BCUT2D eigenvalue weighted by atomic mass is 9.53. The Balaban J connectivity index is 2.11. The molecule has 1 aliphatic carbocycles. The molecule has 1 aliphatic heterocycles. The van der Waals surface area contributed by atoms with Crippen LogP contribution in [0, 0.1) is 24.7 Å². The zero-order valence-electron chi connectivity index (χ0n) is 16.6. The van der Waals surface area contributed by atoms with Gasteiger partial charge in [-0.3, -0.25) is 4.79 Å². The third kappa shape index (κ3) is 3.25. The molecule has 4 atom stereocenters. The fraction of sp³-hybridized carbons (Fsp3) is 0.696. The van der Waals surface area contributed by atoms with E-state index in [1.54, 1.807) is 0 Å². The predicted molar refractivity (Wildman–Crippen MR) is 105 cm³/mol. The summed E-state index contributed by atoms with van der Waals surface area (Å²) in [5.41, 5.74) is 2.23. The molecule has 2 fully saturated rings. The number of benzene rings is 1. The van der Waals surface area contributed by atoms with Crippen molar-refractivity contribution in [1.29, 1.82) is 0 Å². The van der Waals surface area contributed by atoms with E-state index in [9.17, 15) is 4.79 Å². The maximum Gasteiger partial charge on any atom is 0.233 e. The minimum atomic E-state index is -0.319. The van der Waals surface area contributed by atoms with Gasteiger partial charge in [-0.2, -0.15) is 0 Å². The second-order valence-electron chi connectivity index (χ2n) is 8.70. The molecule has 1 saturated heterocycles. The highest BCUT2D eigenvalue weighted by Gasteiger charge is 2.54. The summed E-state index contributed by atoms with van der Waals surface area (Å²) < 4.78 is 0. The fourth-order valence-electron chi connectivity index (χ4n) is 5.69. The van der Waals surface area contributed by atoms with E-state index in [0.717, 1.165) is 38.3 Å². The summed E-state index contributed by atoms with van der Waals surface area (Å²) in [5.74, 6) is 2.01. The van der Waals surface area contributed by atoms with Crippen molar-refractivity contribution in [2.45, 2.75) is 71.6 Å². The van der Waals surface area contributed by atoms with Crippen LogP contribution < -0.4 is 0 Å². The molecule has 2 aliphatic rings. The Hall–Kier alpha value is -1.31. The van der Waals surface area contributed by atoms with Crippen molar-refractivity contribution in [2.75, 3.05) is 13.1 Å². The number of carbonyl (C=O) groups is 1. The fourth-order valence-corrected chi connectivity index (χ4v) is 5.69. The summed E-state index contributed by atoms with van der Waals surface area (Å²) in [6.45, 7) is 11.0. The summed E-state index contributed by atoms with van der Waals surface area (Å²) in [4.78, 5) is 16.1. The summed E-state index contributed by atoms with van der Waals surface area (Å²) >= 11 is 0. The number of hydrogen-bond acceptors (Lipinski definition) is 1. The molecule has 1 aromatic carbocycles. The molecule has 2 nitrogen and oxygen atoms in total. The van der Waals surface area contributed by atoms with Gasteiger partial charge in [0, 0.05) is 13.1 Å². The molecule has 138 valence electrons. The molecular formula is C23H35NO. The zero-order valence-corrected chi connectivity index (χ0v) is 16.6. The van der Waals surface area contributed by atoms with Crippen LogP contribution >= 0.6 is 0 Å². The Morgan fingerprint density at radius 1 is 1.12 bits per heavy atom. The highest BCUT2D eigenvalue weighted by Crippen LogP contribution is 2.52. The van der Waals surface area contributed by atoms with Gasteiger partial charge in [0.1, 0.15) is 0 Å². The Labute approximate surface area is 154 Å². The minimum absolute atomic E-state index is 0.319. The van der Waals surface area contributed by atoms with Gasteiger partial charge in [0.15, 0.2) is 0 Å². The molecule has 0 spiro atoms. The van der Waals surface area contributed by atoms with E-state index in [4.69, 9.17) is 0 Å². The molecule has 1 amide bonds. The molecule has 4 unspecified atom stereocenters. The van der Waals surface area contributed by atoms with Gasteiger partial charge in [0.2, 0.25) is 5.91 Å². The van der Waals surface area contributed by atoms with Gasteiger partial charge in [-0.05, 0) is 62.3 Å². The second kappa shape index (κ2) is 7.51. The van der Waals surface area contributed by atoms with Crippen molar-refractivity contribution >= 4 is 5.91 Å². The highest BCUT2D eigenvalue weighted by atomic mass is 16.2. The zero-order chi connectivity index (χ0) is 18.0. The monoisotopic (exact) mass is 341 g/mol. The lowest BCUT2D eigenvalue weighted by Crippen LogP contribution is -2.57. The molecule has 1 aromatic rings. The third-order valence-corrected chi connectivity index (χ3v) is 6.78. The minimum Gasteiger partial charge on any atom is -0.342 e. The van der Waals surface area contributed by atoms with Crippen molar-refractivity contribution in [3.05, 3.63) is 35.4 Å². The molecule has 0 N–H and O–H groups in total. The Morgan fingerprint density at radius 3 is 2.36 bits per heavy atom. The van der Waals surface area contributed by atoms with Crippen LogP contribution in [0.2, 0.25) is 0 Å². The van der Waals surface area contributed by atoms with E-state index < -0.39 is 0 Å². The number of nitrogens with zero attached hydrogens (tertiary/aromatic N) is 1. The molecular weight excluding hydrogens is 306 g/mol. The topological polar surface area (TPSA) is 20.3 Å². The van der Waals surface area contributed by atoms with E-state index in [1.165, 1.54) is 30.4 Å². The van der Waals surface area contributed by atoms with E-state index in [0.29, 0.717) is 17.7 Å². The van der Waals surface area contributed by atoms with E-state index >= 15 is 0 Å². The number of aryl methyl sites for hydroxylation is 1. The maximum absolute atomic E-state index is 13.9. The van der Waals surface area contributed by atoms with Crippen LogP contribution in [0.25, 0.3) is 0 Å². The molecule has 0 radical (unpaired) electrons. The number of carbonyl (C=O) groups excluding carboxylic acids is 1. The van der Waals surface area contributed by atoms with Crippen molar-refractivity contribution in [2.24, 2.45) is 17.8 Å². The Bertz CT molecular complexity index is 587. The molecule has 0 bridgehead atoms. The Morgan fingerprint density at radius 2 is 1.76 bits per heavy atom. The van der Waals surface area contributed by atoms with Gasteiger partial charge < -0.3 is 4.90 Å². The highest BCUT2D eigenvalue weighted by molar-refractivity contribution is 5.89. The summed E-state index contributed by atoms with van der Waals surface area (Å²) in [6, 6.07) is 8.89. The van der Waals surface area contributed by atoms with Gasteiger partial charge in [0.25, 0.3) is 0 Å². The van der Waals surface area contributed by atoms with E-state index in [1.807, 2.05) is 0 Å². The maximum atomic E-state index is 13.9. The summed E-state index contributed by atoms with van der Waals surface area (Å²) in [5, 5.41) is 0. The Kier molecular flexibility index (Phi) is 5.55. The standard InChI is InChI=1S/C23H35NO/c1-5-8-21-16-18(3)15-19(4)23(21,20-11-9-17(2)10-12-20)22(25)24-13-6-7-14-24/h9-12,18-19,21H,5-8,13-16H2,1-4H3. The van der Waals surface area contributed by atoms with Crippen LogP contribution in [0.5, 0.6) is 0 Å². The molecule has 1 heterocycles. The summed E-state index contributed by atoms with van der Waals surface area (Å²) in [6.07, 6.45) is 6.99. The molecule has 1 saturated carbocycles. The van der Waals surface area contributed by atoms with Crippen molar-refractivity contribution in [1.82, 2.24) is 4.90 Å². The van der Waals surface area contributed by atoms with Gasteiger partial charge in [0.05, 0.1) is 5.41 Å². The average Bonchev–Trinajstić information content (AvgIpc) is 3.10. The van der Waals surface area contributed by atoms with Crippen LogP contribution in [0.15, 0.2) is 24.3 Å². The third-order valence-electron chi connectivity index (χ3n) is 6.78. The lowest BCUT2D eigenvalue weighted by molar-refractivity contribution is -0.144. The first-order valence-corrected chi connectivity index (χ1v) is 10.4. The van der Waals surface area contributed by atoms with Crippen LogP contribution in [-0.2, 0) is 10.2 Å².